The Labute approximate surface area is 98.6 Å². The molecule has 0 fully saturated rings. The van der Waals surface area contributed by atoms with Gasteiger partial charge in [-0.05, 0) is 23.3 Å². The quantitative estimate of drug-likeness (QED) is 0.429. The van der Waals surface area contributed by atoms with Crippen LogP contribution >= 0.6 is 0 Å². The van der Waals surface area contributed by atoms with Crippen molar-refractivity contribution in [2.24, 2.45) is 0 Å². The summed E-state index contributed by atoms with van der Waals surface area (Å²) >= 11 is 0. The molecule has 0 aromatic carbocycles. The molecular formula is C10H15N3O4. The fourth-order valence-electron chi connectivity index (χ4n) is 1.49. The molecule has 0 bridgehead atoms. The molecule has 0 amide bonds. The summed E-state index contributed by atoms with van der Waals surface area (Å²) < 4.78 is 6.35. The van der Waals surface area contributed by atoms with Crippen molar-refractivity contribution in [3.63, 3.8) is 0 Å². The SMILES string of the molecule is CCCC(C(=O)OCC)n1cnc([N+](=O)[O-])c1. The van der Waals surface area contributed by atoms with Crippen molar-refractivity contribution in [2.75, 3.05) is 6.61 Å². The van der Waals surface area contributed by atoms with Gasteiger partial charge in [0.25, 0.3) is 0 Å². The van der Waals surface area contributed by atoms with E-state index in [1.54, 1.807) is 6.92 Å². The van der Waals surface area contributed by atoms with E-state index in [4.69, 9.17) is 4.74 Å². The van der Waals surface area contributed by atoms with E-state index in [0.717, 1.165) is 6.42 Å². The maximum absolute atomic E-state index is 11.7. The first-order valence-electron chi connectivity index (χ1n) is 5.44. The van der Waals surface area contributed by atoms with Crippen LogP contribution in [0, 0.1) is 10.1 Å². The lowest BCUT2D eigenvalue weighted by atomic mass is 10.1. The van der Waals surface area contributed by atoms with Gasteiger partial charge in [0, 0.05) is 0 Å². The van der Waals surface area contributed by atoms with Crippen LogP contribution in [0.5, 0.6) is 0 Å². The Bertz CT molecular complexity index is 402. The molecule has 1 heterocycles. The molecule has 94 valence electrons. The van der Waals surface area contributed by atoms with Gasteiger partial charge in [0.2, 0.25) is 6.33 Å². The lowest BCUT2D eigenvalue weighted by molar-refractivity contribution is -0.389. The molecule has 0 aliphatic rings. The average molecular weight is 241 g/mol. The fraction of sp³-hybridized carbons (Fsp3) is 0.600. The van der Waals surface area contributed by atoms with Gasteiger partial charge in [-0.15, -0.1) is 0 Å². The van der Waals surface area contributed by atoms with E-state index in [-0.39, 0.29) is 18.4 Å². The molecule has 0 radical (unpaired) electrons. The molecule has 0 aliphatic heterocycles. The number of hydrogen-bond donors (Lipinski definition) is 0. The van der Waals surface area contributed by atoms with Crippen LogP contribution in [0.3, 0.4) is 0 Å². The molecule has 1 rings (SSSR count). The number of rotatable bonds is 6. The number of carbonyl (C=O) groups is 1. The van der Waals surface area contributed by atoms with Crippen molar-refractivity contribution < 1.29 is 14.5 Å². The topological polar surface area (TPSA) is 87.3 Å². The second-order valence-electron chi connectivity index (χ2n) is 3.49. The highest BCUT2D eigenvalue weighted by atomic mass is 16.6. The molecule has 0 saturated carbocycles. The maximum atomic E-state index is 11.7. The minimum Gasteiger partial charge on any atom is -0.464 e. The van der Waals surface area contributed by atoms with Crippen LogP contribution in [0.15, 0.2) is 12.5 Å². The van der Waals surface area contributed by atoms with Gasteiger partial charge in [-0.3, -0.25) is 4.57 Å². The first-order valence-corrected chi connectivity index (χ1v) is 5.44. The van der Waals surface area contributed by atoms with Crippen molar-refractivity contribution in [3.8, 4) is 0 Å². The van der Waals surface area contributed by atoms with Crippen LogP contribution in [-0.2, 0) is 9.53 Å². The van der Waals surface area contributed by atoms with Crippen molar-refractivity contribution in [1.29, 1.82) is 0 Å². The maximum Gasteiger partial charge on any atom is 0.381 e. The first-order chi connectivity index (χ1) is 8.10. The average Bonchev–Trinajstić information content (AvgIpc) is 2.75. The highest BCUT2D eigenvalue weighted by Crippen LogP contribution is 2.18. The molecular weight excluding hydrogens is 226 g/mol. The second kappa shape index (κ2) is 5.97. The van der Waals surface area contributed by atoms with Crippen molar-refractivity contribution in [1.82, 2.24) is 9.55 Å². The summed E-state index contributed by atoms with van der Waals surface area (Å²) in [6, 6.07) is -0.541. The molecule has 1 aromatic rings. The van der Waals surface area contributed by atoms with Gasteiger partial charge in [-0.1, -0.05) is 13.3 Å². The summed E-state index contributed by atoms with van der Waals surface area (Å²) in [5.74, 6) is -0.656. The van der Waals surface area contributed by atoms with Gasteiger partial charge in [0.1, 0.15) is 12.2 Å². The van der Waals surface area contributed by atoms with Gasteiger partial charge in [-0.2, -0.15) is 0 Å². The summed E-state index contributed by atoms with van der Waals surface area (Å²) in [5.41, 5.74) is 0. The van der Waals surface area contributed by atoms with Crippen LogP contribution in [0.1, 0.15) is 32.7 Å². The molecule has 17 heavy (non-hydrogen) atoms. The first kappa shape index (κ1) is 13.1. The molecule has 0 aliphatic carbocycles. The molecule has 0 N–H and O–H groups in total. The molecule has 1 unspecified atom stereocenters. The third kappa shape index (κ3) is 3.27. The third-order valence-corrected chi connectivity index (χ3v) is 2.26. The largest absolute Gasteiger partial charge is 0.464 e. The summed E-state index contributed by atoms with van der Waals surface area (Å²) in [6.45, 7) is 3.94. The summed E-state index contributed by atoms with van der Waals surface area (Å²) in [4.78, 5) is 25.2. The molecule has 0 saturated heterocycles. The Hall–Kier alpha value is -1.92. The molecule has 1 atom stereocenters. The van der Waals surface area contributed by atoms with Crippen molar-refractivity contribution in [2.45, 2.75) is 32.7 Å². The van der Waals surface area contributed by atoms with Gasteiger partial charge in [0.05, 0.1) is 6.61 Å². The zero-order valence-corrected chi connectivity index (χ0v) is 9.83. The Kier molecular flexibility index (Phi) is 4.62. The Morgan fingerprint density at radius 2 is 2.35 bits per heavy atom. The van der Waals surface area contributed by atoms with E-state index in [0.29, 0.717) is 6.42 Å². The van der Waals surface area contributed by atoms with E-state index in [1.807, 2.05) is 6.92 Å². The zero-order valence-electron chi connectivity index (χ0n) is 9.83. The van der Waals surface area contributed by atoms with Crippen molar-refractivity contribution in [3.05, 3.63) is 22.6 Å². The number of esters is 1. The molecule has 7 nitrogen and oxygen atoms in total. The van der Waals surface area contributed by atoms with Crippen LogP contribution in [0.4, 0.5) is 5.82 Å². The lowest BCUT2D eigenvalue weighted by Crippen LogP contribution is -2.21. The number of nitrogens with zero attached hydrogens (tertiary/aromatic N) is 3. The number of hydrogen-bond acceptors (Lipinski definition) is 5. The standard InChI is InChI=1S/C10H15N3O4/c1-3-5-8(10(14)17-4-2)12-6-9(11-7-12)13(15)16/h6-8H,3-5H2,1-2H3. The van der Waals surface area contributed by atoms with Gasteiger partial charge >= 0.3 is 11.8 Å². The molecule has 7 heteroatoms. The minimum atomic E-state index is -0.593. The predicted molar refractivity (Wildman–Crippen MR) is 59.5 cm³/mol. The summed E-state index contributed by atoms with van der Waals surface area (Å²) in [5, 5.41) is 10.5. The molecule has 0 spiro atoms. The van der Waals surface area contributed by atoms with Gasteiger partial charge < -0.3 is 14.9 Å². The lowest BCUT2D eigenvalue weighted by Gasteiger charge is -2.14. The van der Waals surface area contributed by atoms with Crippen LogP contribution in [-0.4, -0.2) is 27.1 Å². The van der Waals surface area contributed by atoms with E-state index in [9.17, 15) is 14.9 Å². The van der Waals surface area contributed by atoms with Gasteiger partial charge in [-0.25, -0.2) is 4.79 Å². The Morgan fingerprint density at radius 3 is 2.82 bits per heavy atom. The third-order valence-electron chi connectivity index (χ3n) is 2.26. The van der Waals surface area contributed by atoms with Crippen molar-refractivity contribution >= 4 is 11.8 Å². The summed E-state index contributed by atoms with van der Waals surface area (Å²) in [7, 11) is 0. The fourth-order valence-corrected chi connectivity index (χ4v) is 1.49. The minimum absolute atomic E-state index is 0.268. The van der Waals surface area contributed by atoms with E-state index in [1.165, 1.54) is 17.1 Å². The highest BCUT2D eigenvalue weighted by molar-refractivity contribution is 5.74. The van der Waals surface area contributed by atoms with E-state index < -0.39 is 11.0 Å². The summed E-state index contributed by atoms with van der Waals surface area (Å²) in [6.07, 6.45) is 3.87. The zero-order chi connectivity index (χ0) is 12.8. The van der Waals surface area contributed by atoms with Crippen LogP contribution < -0.4 is 0 Å². The Morgan fingerprint density at radius 1 is 1.65 bits per heavy atom. The van der Waals surface area contributed by atoms with Crippen LogP contribution in [0.2, 0.25) is 0 Å². The smallest absolute Gasteiger partial charge is 0.381 e. The molecule has 1 aromatic heterocycles. The number of ether oxygens (including phenoxy) is 1. The predicted octanol–water partition coefficient (Wildman–Crippen LogP) is 1.70. The number of carbonyl (C=O) groups excluding carboxylic acids is 1. The highest BCUT2D eigenvalue weighted by Gasteiger charge is 2.23. The monoisotopic (exact) mass is 241 g/mol. The van der Waals surface area contributed by atoms with E-state index in [2.05, 4.69) is 4.98 Å². The normalized spacial score (nSPS) is 12.1. The Balaban J connectivity index is 2.88. The number of imidazole rings is 1. The van der Waals surface area contributed by atoms with Gasteiger partial charge in [0.15, 0.2) is 0 Å². The number of aromatic nitrogens is 2. The van der Waals surface area contributed by atoms with E-state index >= 15 is 0 Å². The van der Waals surface area contributed by atoms with Crippen LogP contribution in [0.25, 0.3) is 0 Å². The number of nitro groups is 1. The second-order valence-corrected chi connectivity index (χ2v) is 3.49.